The molecule has 0 aliphatic rings. The second kappa shape index (κ2) is 3.98. The molecule has 1 aromatic heterocycles. The highest BCUT2D eigenvalue weighted by atomic mass is 16.3. The first-order valence-electron chi connectivity index (χ1n) is 4.52. The minimum atomic E-state index is -0.551. The zero-order valence-corrected chi connectivity index (χ0v) is 8.56. The van der Waals surface area contributed by atoms with Crippen molar-refractivity contribution in [2.24, 2.45) is 5.41 Å². The summed E-state index contributed by atoms with van der Waals surface area (Å²) in [7, 11) is 0. The summed E-state index contributed by atoms with van der Waals surface area (Å²) in [6, 6.07) is 0. The van der Waals surface area contributed by atoms with Crippen LogP contribution in [-0.2, 0) is 6.54 Å². The van der Waals surface area contributed by atoms with Crippen LogP contribution in [0.4, 0.5) is 5.69 Å². The summed E-state index contributed by atoms with van der Waals surface area (Å²) >= 11 is 0. The van der Waals surface area contributed by atoms with E-state index in [1.54, 1.807) is 17.8 Å². The van der Waals surface area contributed by atoms with Crippen molar-refractivity contribution >= 4 is 5.69 Å². The number of nitrogens with two attached hydrogens (primary N) is 1. The van der Waals surface area contributed by atoms with Gasteiger partial charge in [0.1, 0.15) is 0 Å². The number of anilines is 1. The van der Waals surface area contributed by atoms with Crippen LogP contribution in [0.25, 0.3) is 0 Å². The van der Waals surface area contributed by atoms with Gasteiger partial charge in [0.25, 0.3) is 0 Å². The standard InChI is InChI=1S/C9H17N3O2/c1-7-8(10)3-12(11-7)4-9(2,5-13)6-14/h3,13-14H,4-6,10H2,1-2H3. The van der Waals surface area contributed by atoms with E-state index in [1.165, 1.54) is 0 Å². The molecule has 1 heterocycles. The molecule has 0 saturated heterocycles. The fourth-order valence-corrected chi connectivity index (χ4v) is 1.16. The van der Waals surface area contributed by atoms with Gasteiger partial charge in [0, 0.05) is 11.6 Å². The summed E-state index contributed by atoms with van der Waals surface area (Å²) in [6.45, 7) is 3.91. The van der Waals surface area contributed by atoms with Crippen molar-refractivity contribution < 1.29 is 10.2 Å². The van der Waals surface area contributed by atoms with Crippen LogP contribution in [0, 0.1) is 12.3 Å². The molecular formula is C9H17N3O2. The highest BCUT2D eigenvalue weighted by Crippen LogP contribution is 2.18. The van der Waals surface area contributed by atoms with Gasteiger partial charge in [-0.3, -0.25) is 4.68 Å². The molecule has 0 aliphatic carbocycles. The van der Waals surface area contributed by atoms with Crippen molar-refractivity contribution in [3.8, 4) is 0 Å². The molecule has 4 N–H and O–H groups in total. The topological polar surface area (TPSA) is 84.3 Å². The lowest BCUT2D eigenvalue weighted by Gasteiger charge is -2.24. The monoisotopic (exact) mass is 199 g/mol. The summed E-state index contributed by atoms with van der Waals surface area (Å²) in [4.78, 5) is 0. The molecule has 0 saturated carbocycles. The number of hydrogen-bond donors (Lipinski definition) is 3. The van der Waals surface area contributed by atoms with Crippen LogP contribution >= 0.6 is 0 Å². The molecule has 80 valence electrons. The van der Waals surface area contributed by atoms with Gasteiger partial charge in [-0.2, -0.15) is 5.10 Å². The number of nitrogen functional groups attached to an aromatic ring is 1. The van der Waals surface area contributed by atoms with Crippen molar-refractivity contribution in [3.63, 3.8) is 0 Å². The molecule has 1 rings (SSSR count). The molecule has 5 nitrogen and oxygen atoms in total. The van der Waals surface area contributed by atoms with Crippen molar-refractivity contribution in [1.29, 1.82) is 0 Å². The lowest BCUT2D eigenvalue weighted by molar-refractivity contribution is 0.0523. The molecule has 0 aromatic carbocycles. The van der Waals surface area contributed by atoms with E-state index < -0.39 is 5.41 Å². The third kappa shape index (κ3) is 2.24. The molecule has 5 heteroatoms. The minimum absolute atomic E-state index is 0.0810. The van der Waals surface area contributed by atoms with E-state index >= 15 is 0 Å². The SMILES string of the molecule is Cc1nn(CC(C)(CO)CO)cc1N. The van der Waals surface area contributed by atoms with E-state index in [-0.39, 0.29) is 13.2 Å². The molecule has 0 fully saturated rings. The molecule has 0 amide bonds. The van der Waals surface area contributed by atoms with Crippen LogP contribution in [0.3, 0.4) is 0 Å². The summed E-state index contributed by atoms with van der Waals surface area (Å²) in [5.41, 5.74) is 6.48. The molecule has 0 spiro atoms. The Morgan fingerprint density at radius 1 is 1.50 bits per heavy atom. The zero-order chi connectivity index (χ0) is 10.8. The third-order valence-corrected chi connectivity index (χ3v) is 2.29. The Morgan fingerprint density at radius 3 is 2.43 bits per heavy atom. The maximum Gasteiger partial charge on any atom is 0.0822 e. The first kappa shape index (κ1) is 11.0. The van der Waals surface area contributed by atoms with Crippen LogP contribution in [0.5, 0.6) is 0 Å². The van der Waals surface area contributed by atoms with E-state index in [1.807, 2.05) is 6.92 Å². The highest BCUT2D eigenvalue weighted by Gasteiger charge is 2.23. The minimum Gasteiger partial charge on any atom is -0.396 e. The highest BCUT2D eigenvalue weighted by molar-refractivity contribution is 5.39. The van der Waals surface area contributed by atoms with Crippen LogP contribution in [0.2, 0.25) is 0 Å². The second-order valence-electron chi connectivity index (χ2n) is 3.99. The van der Waals surface area contributed by atoms with E-state index in [0.717, 1.165) is 5.69 Å². The van der Waals surface area contributed by atoms with Crippen molar-refractivity contribution in [3.05, 3.63) is 11.9 Å². The van der Waals surface area contributed by atoms with Crippen LogP contribution in [-0.4, -0.2) is 33.2 Å². The molecule has 0 radical (unpaired) electrons. The number of nitrogens with zero attached hydrogens (tertiary/aromatic N) is 2. The summed E-state index contributed by atoms with van der Waals surface area (Å²) in [5.74, 6) is 0. The Kier molecular flexibility index (Phi) is 3.13. The molecule has 0 atom stereocenters. The lowest BCUT2D eigenvalue weighted by Crippen LogP contribution is -2.31. The Balaban J connectivity index is 2.77. The Bertz CT molecular complexity index is 286. The van der Waals surface area contributed by atoms with Gasteiger partial charge in [-0.15, -0.1) is 0 Å². The van der Waals surface area contributed by atoms with Gasteiger partial charge in [-0.1, -0.05) is 6.92 Å². The van der Waals surface area contributed by atoms with Crippen molar-refractivity contribution in [1.82, 2.24) is 9.78 Å². The van der Waals surface area contributed by atoms with E-state index in [9.17, 15) is 0 Å². The van der Waals surface area contributed by atoms with Gasteiger partial charge in [-0.05, 0) is 6.92 Å². The number of rotatable bonds is 4. The average molecular weight is 199 g/mol. The second-order valence-corrected chi connectivity index (χ2v) is 3.99. The first-order chi connectivity index (χ1) is 6.50. The Hall–Kier alpha value is -1.07. The number of aromatic nitrogens is 2. The molecule has 0 unspecified atom stereocenters. The van der Waals surface area contributed by atoms with Crippen molar-refractivity contribution in [2.75, 3.05) is 18.9 Å². The van der Waals surface area contributed by atoms with Gasteiger partial charge in [0.15, 0.2) is 0 Å². The number of aliphatic hydroxyl groups is 2. The Morgan fingerprint density at radius 2 is 2.07 bits per heavy atom. The maximum absolute atomic E-state index is 9.09. The third-order valence-electron chi connectivity index (χ3n) is 2.29. The van der Waals surface area contributed by atoms with E-state index in [4.69, 9.17) is 15.9 Å². The average Bonchev–Trinajstić information content (AvgIpc) is 2.45. The quantitative estimate of drug-likeness (QED) is 0.625. The smallest absolute Gasteiger partial charge is 0.0822 e. The fraction of sp³-hybridized carbons (Fsp3) is 0.667. The molecule has 1 aromatic rings. The molecule has 0 bridgehead atoms. The summed E-state index contributed by atoms with van der Waals surface area (Å²) in [5, 5.41) is 22.3. The lowest BCUT2D eigenvalue weighted by atomic mass is 9.93. The van der Waals surface area contributed by atoms with Gasteiger partial charge in [-0.25, -0.2) is 0 Å². The maximum atomic E-state index is 9.09. The molecule has 0 aliphatic heterocycles. The predicted molar refractivity (Wildman–Crippen MR) is 53.7 cm³/mol. The number of aliphatic hydroxyl groups excluding tert-OH is 2. The van der Waals surface area contributed by atoms with Crippen LogP contribution in [0.1, 0.15) is 12.6 Å². The van der Waals surface area contributed by atoms with Gasteiger partial charge in [0.2, 0.25) is 0 Å². The first-order valence-corrected chi connectivity index (χ1v) is 4.52. The van der Waals surface area contributed by atoms with Gasteiger partial charge in [0.05, 0.1) is 31.1 Å². The normalized spacial score (nSPS) is 12.0. The predicted octanol–water partition coefficient (Wildman–Crippen LogP) is -0.235. The van der Waals surface area contributed by atoms with Crippen LogP contribution < -0.4 is 5.73 Å². The summed E-state index contributed by atoms with van der Waals surface area (Å²) in [6.07, 6.45) is 1.71. The van der Waals surface area contributed by atoms with Crippen LogP contribution in [0.15, 0.2) is 6.20 Å². The molecular weight excluding hydrogens is 182 g/mol. The summed E-state index contributed by atoms with van der Waals surface area (Å²) < 4.78 is 1.65. The number of hydrogen-bond acceptors (Lipinski definition) is 4. The number of aryl methyl sites for hydroxylation is 1. The fourth-order valence-electron chi connectivity index (χ4n) is 1.16. The van der Waals surface area contributed by atoms with Crippen molar-refractivity contribution in [2.45, 2.75) is 20.4 Å². The largest absolute Gasteiger partial charge is 0.396 e. The van der Waals surface area contributed by atoms with Gasteiger partial charge >= 0.3 is 0 Å². The Labute approximate surface area is 83.2 Å². The molecule has 14 heavy (non-hydrogen) atoms. The van der Waals surface area contributed by atoms with E-state index in [2.05, 4.69) is 5.10 Å². The van der Waals surface area contributed by atoms with E-state index in [0.29, 0.717) is 12.2 Å². The van der Waals surface area contributed by atoms with Gasteiger partial charge < -0.3 is 15.9 Å². The zero-order valence-electron chi connectivity index (χ0n) is 8.56.